The number of benzene rings is 1. The second kappa shape index (κ2) is 8.81. The first-order chi connectivity index (χ1) is 14.1. The van der Waals surface area contributed by atoms with Gasteiger partial charge < -0.3 is 9.26 Å². The minimum atomic E-state index is -3.69. The van der Waals surface area contributed by atoms with Crippen molar-refractivity contribution in [2.75, 3.05) is 6.54 Å². The summed E-state index contributed by atoms with van der Waals surface area (Å²) in [5.74, 6) is 0.704. The van der Waals surface area contributed by atoms with Gasteiger partial charge >= 0.3 is 0 Å². The monoisotopic (exact) mass is 414 g/mol. The third-order valence-corrected chi connectivity index (χ3v) is 6.71. The van der Waals surface area contributed by atoms with Crippen LogP contribution in [0.15, 0.2) is 64.3 Å². The third kappa shape index (κ3) is 4.52. The maximum atomic E-state index is 13.1. The Labute approximate surface area is 169 Å². The molecular weight excluding hydrogens is 392 g/mol. The Kier molecular flexibility index (Phi) is 5.98. The van der Waals surface area contributed by atoms with Crippen LogP contribution in [0, 0.1) is 0 Å². The Balaban J connectivity index is 1.46. The van der Waals surface area contributed by atoms with Crippen molar-refractivity contribution in [3.63, 3.8) is 0 Å². The fourth-order valence-corrected chi connectivity index (χ4v) is 5.00. The van der Waals surface area contributed by atoms with Gasteiger partial charge in [-0.2, -0.15) is 9.29 Å². The van der Waals surface area contributed by atoms with Gasteiger partial charge in [0, 0.05) is 18.9 Å². The van der Waals surface area contributed by atoms with Crippen LogP contribution in [0.25, 0.3) is 0 Å². The van der Waals surface area contributed by atoms with Gasteiger partial charge in [-0.15, -0.1) is 0 Å². The molecule has 29 heavy (non-hydrogen) atoms. The largest absolute Gasteiger partial charge is 0.367 e. The number of piperidine rings is 1. The van der Waals surface area contributed by atoms with Crippen LogP contribution < -0.4 is 0 Å². The van der Waals surface area contributed by atoms with E-state index in [1.165, 1.54) is 10.5 Å². The molecule has 1 fully saturated rings. The van der Waals surface area contributed by atoms with Crippen molar-refractivity contribution in [2.45, 2.75) is 43.4 Å². The molecule has 1 aliphatic heterocycles. The zero-order valence-corrected chi connectivity index (χ0v) is 16.7. The summed E-state index contributed by atoms with van der Waals surface area (Å²) in [5, 5.41) is 4.04. The summed E-state index contributed by atoms with van der Waals surface area (Å²) < 4.78 is 38.6. The first kappa shape index (κ1) is 19.7. The molecule has 1 atom stereocenters. The minimum Gasteiger partial charge on any atom is -0.367 e. The molecule has 1 aromatic carbocycles. The maximum absolute atomic E-state index is 13.1. The Morgan fingerprint density at radius 2 is 1.97 bits per heavy atom. The highest BCUT2D eigenvalue weighted by Crippen LogP contribution is 2.34. The predicted molar refractivity (Wildman–Crippen MR) is 104 cm³/mol. The lowest BCUT2D eigenvalue weighted by molar-refractivity contribution is 0.0850. The van der Waals surface area contributed by atoms with Crippen molar-refractivity contribution < 1.29 is 17.7 Å². The molecule has 1 aliphatic rings. The number of sulfonamides is 1. The number of nitrogens with zero attached hydrogens (tertiary/aromatic N) is 4. The first-order valence-electron chi connectivity index (χ1n) is 9.50. The summed E-state index contributed by atoms with van der Waals surface area (Å²) in [5.41, 5.74) is 1.05. The molecule has 0 saturated carbocycles. The quantitative estimate of drug-likeness (QED) is 0.586. The van der Waals surface area contributed by atoms with Gasteiger partial charge in [-0.3, -0.25) is 4.98 Å². The van der Waals surface area contributed by atoms with Crippen molar-refractivity contribution >= 4 is 10.0 Å². The van der Waals surface area contributed by atoms with E-state index in [1.54, 1.807) is 18.3 Å². The fraction of sp³-hybridized carbons (Fsp3) is 0.350. The molecule has 8 nitrogen and oxygen atoms in total. The Hall–Kier alpha value is -2.62. The van der Waals surface area contributed by atoms with Gasteiger partial charge in [-0.05, 0) is 30.5 Å². The zero-order chi connectivity index (χ0) is 20.1. The first-order valence-corrected chi connectivity index (χ1v) is 10.9. The van der Waals surface area contributed by atoms with Gasteiger partial charge in [-0.25, -0.2) is 8.42 Å². The molecule has 4 rings (SSSR count). The van der Waals surface area contributed by atoms with Gasteiger partial charge in [0.15, 0.2) is 5.82 Å². The molecule has 0 aliphatic carbocycles. The molecule has 0 bridgehead atoms. The summed E-state index contributed by atoms with van der Waals surface area (Å²) in [4.78, 5) is 8.50. The van der Waals surface area contributed by atoms with E-state index in [2.05, 4.69) is 15.1 Å². The average molecular weight is 414 g/mol. The molecule has 9 heteroatoms. The van der Waals surface area contributed by atoms with E-state index in [0.717, 1.165) is 18.4 Å². The summed E-state index contributed by atoms with van der Waals surface area (Å²) in [6.07, 6.45) is 5.25. The van der Waals surface area contributed by atoms with E-state index in [1.807, 2.05) is 30.3 Å². The fourth-order valence-electron chi connectivity index (χ4n) is 3.38. The molecule has 3 heterocycles. The average Bonchev–Trinajstić information content (AvgIpc) is 3.24. The van der Waals surface area contributed by atoms with E-state index >= 15 is 0 Å². The molecule has 1 saturated heterocycles. The molecular formula is C20H22N4O4S. The summed E-state index contributed by atoms with van der Waals surface area (Å²) >= 11 is 0. The molecule has 152 valence electrons. The number of hydrogen-bond acceptors (Lipinski definition) is 7. The van der Waals surface area contributed by atoms with Gasteiger partial charge in [0.25, 0.3) is 5.89 Å². The van der Waals surface area contributed by atoms with E-state index < -0.39 is 16.1 Å². The van der Waals surface area contributed by atoms with Crippen molar-refractivity contribution in [1.82, 2.24) is 19.4 Å². The highest BCUT2D eigenvalue weighted by atomic mass is 32.2. The summed E-state index contributed by atoms with van der Waals surface area (Å²) in [6, 6.07) is 12.5. The topological polar surface area (TPSA) is 98.4 Å². The Morgan fingerprint density at radius 3 is 2.76 bits per heavy atom. The standard InChI is InChI=1S/C20H22N4O4S/c25-29(26,17-9-6-11-21-13-17)24-12-5-4-10-18(24)20-22-19(28-23-20)15-27-14-16-7-2-1-3-8-16/h1-3,6-9,11,13,18H,4-5,10,12,14-15H2. The zero-order valence-electron chi connectivity index (χ0n) is 15.8. The van der Waals surface area contributed by atoms with Crippen molar-refractivity contribution in [1.29, 1.82) is 0 Å². The van der Waals surface area contributed by atoms with Crippen LogP contribution in [0.5, 0.6) is 0 Å². The minimum absolute atomic E-state index is 0.168. The van der Waals surface area contributed by atoms with Crippen molar-refractivity contribution in [3.05, 3.63) is 72.1 Å². The maximum Gasteiger partial charge on any atom is 0.252 e. The highest BCUT2D eigenvalue weighted by molar-refractivity contribution is 7.89. The number of pyridine rings is 1. The Bertz CT molecular complexity index is 1020. The van der Waals surface area contributed by atoms with Gasteiger partial charge in [0.2, 0.25) is 10.0 Å². The van der Waals surface area contributed by atoms with Crippen LogP contribution in [-0.4, -0.2) is 34.4 Å². The van der Waals surface area contributed by atoms with Gasteiger partial charge in [0.05, 0.1) is 12.6 Å². The van der Waals surface area contributed by atoms with Crippen LogP contribution in [0.2, 0.25) is 0 Å². The van der Waals surface area contributed by atoms with Crippen LogP contribution in [0.4, 0.5) is 0 Å². The normalized spacial score (nSPS) is 18.0. The van der Waals surface area contributed by atoms with E-state index in [4.69, 9.17) is 9.26 Å². The van der Waals surface area contributed by atoms with E-state index in [-0.39, 0.29) is 11.5 Å². The molecule has 2 aromatic heterocycles. The smallest absolute Gasteiger partial charge is 0.252 e. The van der Waals surface area contributed by atoms with Crippen LogP contribution in [0.1, 0.15) is 42.6 Å². The number of rotatable bonds is 7. The summed E-state index contributed by atoms with van der Waals surface area (Å²) in [7, 11) is -3.69. The number of hydrogen-bond donors (Lipinski definition) is 0. The number of aromatic nitrogens is 3. The van der Waals surface area contributed by atoms with Crippen LogP contribution in [-0.2, 0) is 28.0 Å². The summed E-state index contributed by atoms with van der Waals surface area (Å²) in [6.45, 7) is 1.02. The second-order valence-electron chi connectivity index (χ2n) is 6.84. The third-order valence-electron chi connectivity index (χ3n) is 4.81. The van der Waals surface area contributed by atoms with E-state index in [0.29, 0.717) is 31.3 Å². The van der Waals surface area contributed by atoms with Crippen molar-refractivity contribution in [3.8, 4) is 0 Å². The van der Waals surface area contributed by atoms with Gasteiger partial charge in [0.1, 0.15) is 11.5 Å². The Morgan fingerprint density at radius 1 is 1.10 bits per heavy atom. The lowest BCUT2D eigenvalue weighted by Crippen LogP contribution is -2.39. The lowest BCUT2D eigenvalue weighted by Gasteiger charge is -2.32. The number of ether oxygens (including phenoxy) is 1. The molecule has 0 N–H and O–H groups in total. The van der Waals surface area contributed by atoms with Crippen LogP contribution >= 0.6 is 0 Å². The molecule has 0 spiro atoms. The molecule has 0 radical (unpaired) electrons. The predicted octanol–water partition coefficient (Wildman–Crippen LogP) is 3.10. The van der Waals surface area contributed by atoms with E-state index in [9.17, 15) is 8.42 Å². The molecule has 0 amide bonds. The highest BCUT2D eigenvalue weighted by Gasteiger charge is 2.37. The van der Waals surface area contributed by atoms with Gasteiger partial charge in [-0.1, -0.05) is 41.9 Å². The SMILES string of the molecule is O=S(=O)(c1cccnc1)N1CCCCC1c1noc(COCc2ccccc2)n1. The van der Waals surface area contributed by atoms with Crippen LogP contribution in [0.3, 0.4) is 0 Å². The second-order valence-corrected chi connectivity index (χ2v) is 8.73. The molecule has 3 aromatic rings. The van der Waals surface area contributed by atoms with Crippen molar-refractivity contribution in [2.24, 2.45) is 0 Å². The molecule has 1 unspecified atom stereocenters. The lowest BCUT2D eigenvalue weighted by atomic mass is 10.0.